The van der Waals surface area contributed by atoms with Gasteiger partial charge < -0.3 is 14.8 Å². The second kappa shape index (κ2) is 12.9. The van der Waals surface area contributed by atoms with Crippen molar-refractivity contribution >= 4 is 28.9 Å². The number of carbonyl (C=O) groups is 2. The molecule has 0 spiro atoms. The summed E-state index contributed by atoms with van der Waals surface area (Å²) in [6.07, 6.45) is -0.801. The van der Waals surface area contributed by atoms with Crippen LogP contribution >= 0.6 is 11.3 Å². The Labute approximate surface area is 260 Å². The van der Waals surface area contributed by atoms with E-state index in [2.05, 4.69) is 10.3 Å². The summed E-state index contributed by atoms with van der Waals surface area (Å²) in [5, 5.41) is 20.9. The second-order valence-corrected chi connectivity index (χ2v) is 12.7. The van der Waals surface area contributed by atoms with Crippen molar-refractivity contribution in [2.45, 2.75) is 88.2 Å². The van der Waals surface area contributed by atoms with Gasteiger partial charge in [-0.05, 0) is 42.9 Å². The van der Waals surface area contributed by atoms with E-state index in [1.807, 2.05) is 29.6 Å². The topological polar surface area (TPSA) is 110 Å². The lowest BCUT2D eigenvalue weighted by Gasteiger charge is -2.35. The van der Waals surface area contributed by atoms with E-state index < -0.39 is 54.2 Å². The minimum atomic E-state index is -3.03. The maximum atomic E-state index is 13.3. The fourth-order valence-electron chi connectivity index (χ4n) is 6.74. The van der Waals surface area contributed by atoms with Crippen LogP contribution in [0, 0.1) is 0 Å². The molecule has 1 saturated heterocycles. The zero-order valence-corrected chi connectivity index (χ0v) is 25.2. The van der Waals surface area contributed by atoms with Crippen molar-refractivity contribution in [2.24, 2.45) is 5.16 Å². The van der Waals surface area contributed by atoms with Gasteiger partial charge >= 0.3 is 5.97 Å². The van der Waals surface area contributed by atoms with Crippen molar-refractivity contribution in [2.75, 3.05) is 13.1 Å². The summed E-state index contributed by atoms with van der Waals surface area (Å²) in [6, 6.07) is 8.24. The number of carbonyl (C=O) groups excluding carboxylic acids is 1. The van der Waals surface area contributed by atoms with Crippen LogP contribution in [0.15, 0.2) is 40.9 Å². The number of aromatic nitrogens is 3. The number of rotatable bonds is 9. The van der Waals surface area contributed by atoms with Crippen molar-refractivity contribution < 1.29 is 37.1 Å². The summed E-state index contributed by atoms with van der Waals surface area (Å²) in [5.41, 5.74) is 0.618. The minimum Gasteiger partial charge on any atom is -0.481 e. The Morgan fingerprint density at radius 2 is 1.80 bits per heavy atom. The zero-order chi connectivity index (χ0) is 31.7. The Bertz CT molecular complexity index is 1580. The van der Waals surface area contributed by atoms with E-state index in [0.29, 0.717) is 67.3 Å². The van der Waals surface area contributed by atoms with Gasteiger partial charge in [-0.15, -0.1) is 11.3 Å². The smallest absolute Gasteiger partial charge is 0.314 e. The van der Waals surface area contributed by atoms with Gasteiger partial charge in [0.25, 0.3) is 12.9 Å². The highest BCUT2D eigenvalue weighted by Crippen LogP contribution is 2.44. The molecule has 1 aromatic carbocycles. The number of piperidine rings is 1. The van der Waals surface area contributed by atoms with Crippen LogP contribution in [0.1, 0.15) is 109 Å². The van der Waals surface area contributed by atoms with E-state index in [-0.39, 0.29) is 5.92 Å². The molecular weight excluding hydrogens is 614 g/mol. The quantitative estimate of drug-likeness (QED) is 0.257. The third-order valence-corrected chi connectivity index (χ3v) is 10.2. The number of nitrogens with zero attached hydrogens (tertiary/aromatic N) is 5. The van der Waals surface area contributed by atoms with Crippen molar-refractivity contribution in [3.05, 3.63) is 68.9 Å². The highest BCUT2D eigenvalue weighted by atomic mass is 32.1. The molecule has 2 aromatic heterocycles. The van der Waals surface area contributed by atoms with Crippen molar-refractivity contribution in [1.29, 1.82) is 0 Å². The Morgan fingerprint density at radius 3 is 2.49 bits per heavy atom. The van der Waals surface area contributed by atoms with E-state index >= 15 is 0 Å². The first kappa shape index (κ1) is 31.2. The van der Waals surface area contributed by atoms with Crippen molar-refractivity contribution in [3.63, 3.8) is 0 Å². The summed E-state index contributed by atoms with van der Waals surface area (Å²) < 4.78 is 53.3. The Balaban J connectivity index is 1.08. The van der Waals surface area contributed by atoms with E-state index in [0.717, 1.165) is 35.4 Å². The van der Waals surface area contributed by atoms with Gasteiger partial charge in [-0.3, -0.25) is 14.3 Å². The maximum Gasteiger partial charge on any atom is 0.314 e. The Kier molecular flexibility index (Phi) is 8.94. The molecule has 45 heavy (non-hydrogen) atoms. The molecule has 1 unspecified atom stereocenters. The average Bonchev–Trinajstić information content (AvgIpc) is 3.82. The number of alkyl halides is 4. The highest BCUT2D eigenvalue weighted by Gasteiger charge is 2.44. The molecular formula is C31H33F4N5O4S. The molecule has 1 N–H and O–H groups in total. The van der Waals surface area contributed by atoms with E-state index in [1.165, 1.54) is 16.2 Å². The summed E-state index contributed by atoms with van der Waals surface area (Å²) in [6.45, 7) is 0.218. The Morgan fingerprint density at radius 1 is 1.07 bits per heavy atom. The number of amides is 1. The van der Waals surface area contributed by atoms with Gasteiger partial charge in [0.1, 0.15) is 23.6 Å². The molecule has 14 heteroatoms. The molecule has 1 amide bonds. The van der Waals surface area contributed by atoms with Crippen LogP contribution in [-0.2, 0) is 26.4 Å². The lowest BCUT2D eigenvalue weighted by molar-refractivity contribution is -0.145. The van der Waals surface area contributed by atoms with Gasteiger partial charge in [0.2, 0.25) is 5.91 Å². The first-order chi connectivity index (χ1) is 21.7. The fourth-order valence-corrected chi connectivity index (χ4v) is 7.74. The van der Waals surface area contributed by atoms with E-state index in [9.17, 15) is 32.3 Å². The standard InChI is InChI=1S/C31H33F4N5O4S/c32-27(33)22-14-24(28(34)35)40(37-22)16-26(41)39-12-8-18(9-13-39)29-36-23(17-45-29)21-15-25(44-38-21)19-6-2-3-7-20(19)31(30(42)43)10-4-1-5-11-31/h2-3,6-7,14,17-18,25,27-28H,1,4-5,8-13,15-16H2,(H,42,43). The van der Waals surface area contributed by atoms with Gasteiger partial charge in [0.05, 0.1) is 16.1 Å². The van der Waals surface area contributed by atoms with E-state index in [4.69, 9.17) is 9.82 Å². The highest BCUT2D eigenvalue weighted by molar-refractivity contribution is 7.10. The molecule has 240 valence electrons. The molecule has 3 aromatic rings. The molecule has 0 radical (unpaired) electrons. The predicted octanol–water partition coefficient (Wildman–Crippen LogP) is 6.77. The zero-order valence-electron chi connectivity index (χ0n) is 24.4. The number of thiazole rings is 1. The molecule has 0 bridgehead atoms. The number of hydrogen-bond acceptors (Lipinski definition) is 7. The fraction of sp³-hybridized carbons (Fsp3) is 0.516. The Hall–Kier alpha value is -3.81. The number of carboxylic acids is 1. The molecule has 4 heterocycles. The molecule has 1 aliphatic carbocycles. The van der Waals surface area contributed by atoms with Crippen LogP contribution < -0.4 is 0 Å². The minimum absolute atomic E-state index is 0.0840. The normalized spacial score (nSPS) is 20.4. The number of aliphatic carboxylic acids is 1. The largest absolute Gasteiger partial charge is 0.481 e. The first-order valence-electron chi connectivity index (χ1n) is 15.1. The van der Waals surface area contributed by atoms with Gasteiger partial charge in [-0.1, -0.05) is 48.7 Å². The van der Waals surface area contributed by atoms with Crippen molar-refractivity contribution in [1.82, 2.24) is 19.7 Å². The van der Waals surface area contributed by atoms with Crippen LogP contribution in [0.25, 0.3) is 0 Å². The molecule has 9 nitrogen and oxygen atoms in total. The maximum absolute atomic E-state index is 13.3. The predicted molar refractivity (Wildman–Crippen MR) is 157 cm³/mol. The monoisotopic (exact) mass is 647 g/mol. The number of likely N-dealkylation sites (tertiary alicyclic amines) is 1. The second-order valence-electron chi connectivity index (χ2n) is 11.9. The molecule has 2 fully saturated rings. The summed E-state index contributed by atoms with van der Waals surface area (Å²) in [7, 11) is 0. The third kappa shape index (κ3) is 6.21. The molecule has 3 aliphatic rings. The molecule has 6 rings (SSSR count). The lowest BCUT2D eigenvalue weighted by atomic mass is 9.67. The third-order valence-electron chi connectivity index (χ3n) is 9.19. The molecule has 1 atom stereocenters. The summed E-state index contributed by atoms with van der Waals surface area (Å²) in [5.74, 6) is -1.17. The average molecular weight is 648 g/mol. The van der Waals surface area contributed by atoms with Crippen LogP contribution in [0.2, 0.25) is 0 Å². The summed E-state index contributed by atoms with van der Waals surface area (Å²) >= 11 is 1.49. The molecule has 1 saturated carbocycles. The van der Waals surface area contributed by atoms with E-state index in [1.54, 1.807) is 0 Å². The molecule has 2 aliphatic heterocycles. The SMILES string of the molecule is O=C(Cn1nc(C(F)F)cc1C(F)F)N1CCC(c2nc(C3=NOC(c4ccccc4C4(C(=O)O)CCCCC4)C3)cs2)CC1. The van der Waals surface area contributed by atoms with Crippen LogP contribution in [-0.4, -0.2) is 55.4 Å². The van der Waals surface area contributed by atoms with Gasteiger partial charge in [-0.2, -0.15) is 5.10 Å². The lowest BCUT2D eigenvalue weighted by Crippen LogP contribution is -2.40. The number of oxime groups is 1. The van der Waals surface area contributed by atoms with Crippen molar-refractivity contribution in [3.8, 4) is 0 Å². The summed E-state index contributed by atoms with van der Waals surface area (Å²) in [4.78, 5) is 37.6. The van der Waals surface area contributed by atoms with Crippen LogP contribution in [0.5, 0.6) is 0 Å². The van der Waals surface area contributed by atoms with Gasteiger partial charge in [0.15, 0.2) is 6.10 Å². The van der Waals surface area contributed by atoms with Gasteiger partial charge in [-0.25, -0.2) is 22.5 Å². The van der Waals surface area contributed by atoms with Crippen LogP contribution in [0.4, 0.5) is 17.6 Å². The number of benzene rings is 1. The van der Waals surface area contributed by atoms with Crippen LogP contribution in [0.3, 0.4) is 0 Å². The first-order valence-corrected chi connectivity index (χ1v) is 16.0. The number of carboxylic acid groups (broad SMARTS) is 1. The van der Waals surface area contributed by atoms with Gasteiger partial charge in [0, 0.05) is 30.8 Å². The number of hydrogen-bond donors (Lipinski definition) is 1. The number of halogens is 4.